The summed E-state index contributed by atoms with van der Waals surface area (Å²) in [6.07, 6.45) is 5.79. The van der Waals surface area contributed by atoms with E-state index in [2.05, 4.69) is 32.6 Å². The maximum atomic E-state index is 9.21. The first-order valence-electron chi connectivity index (χ1n) is 6.32. The molecule has 0 spiro atoms. The van der Waals surface area contributed by atoms with E-state index in [0.717, 1.165) is 17.6 Å². The summed E-state index contributed by atoms with van der Waals surface area (Å²) in [6.45, 7) is 13.5. The number of rotatable bonds is 4. The van der Waals surface area contributed by atoms with Crippen molar-refractivity contribution in [2.24, 2.45) is 0 Å². The maximum absolute atomic E-state index is 9.21. The second-order valence-corrected chi connectivity index (χ2v) is 3.54. The van der Waals surface area contributed by atoms with E-state index in [-0.39, 0.29) is 5.76 Å². The quantitative estimate of drug-likeness (QED) is 0.574. The van der Waals surface area contributed by atoms with Gasteiger partial charge < -0.3 is 5.11 Å². The van der Waals surface area contributed by atoms with Crippen LogP contribution in [0, 0.1) is 6.92 Å². The molecular formula is C17H23O. The summed E-state index contributed by atoms with van der Waals surface area (Å²) in [5.41, 5.74) is 3.24. The Balaban J connectivity index is 0.00000137. The smallest absolute Gasteiger partial charge is 0.111 e. The first-order valence-corrected chi connectivity index (χ1v) is 6.32. The summed E-state index contributed by atoms with van der Waals surface area (Å²) in [5.74, 6) is 0.145. The van der Waals surface area contributed by atoms with E-state index in [1.54, 1.807) is 12.2 Å². The van der Waals surface area contributed by atoms with Crippen LogP contribution in [0.2, 0.25) is 0 Å². The number of aliphatic hydroxyl groups is 1. The van der Waals surface area contributed by atoms with Crippen molar-refractivity contribution in [3.05, 3.63) is 72.9 Å². The predicted octanol–water partition coefficient (Wildman–Crippen LogP) is 5.12. The monoisotopic (exact) mass is 243 g/mol. The fourth-order valence-corrected chi connectivity index (χ4v) is 1.30. The highest BCUT2D eigenvalue weighted by Gasteiger charge is 1.95. The summed E-state index contributed by atoms with van der Waals surface area (Å²) in [4.78, 5) is 0. The number of aliphatic hydroxyl groups excluding tert-OH is 1. The third-order valence-corrected chi connectivity index (χ3v) is 2.40. The van der Waals surface area contributed by atoms with Gasteiger partial charge in [0.15, 0.2) is 0 Å². The van der Waals surface area contributed by atoms with Crippen molar-refractivity contribution in [3.63, 3.8) is 0 Å². The van der Waals surface area contributed by atoms with E-state index in [9.17, 15) is 5.11 Å². The number of aryl methyl sites for hydroxylation is 1. The summed E-state index contributed by atoms with van der Waals surface area (Å²) < 4.78 is 0. The number of hydrogen-bond acceptors (Lipinski definition) is 1. The van der Waals surface area contributed by atoms with E-state index >= 15 is 0 Å². The minimum atomic E-state index is 0.145. The van der Waals surface area contributed by atoms with Crippen molar-refractivity contribution >= 4 is 5.57 Å². The first kappa shape index (κ1) is 16.2. The van der Waals surface area contributed by atoms with Crippen LogP contribution in [0.25, 0.3) is 5.57 Å². The molecule has 0 saturated heterocycles. The molecule has 0 heterocycles. The number of hydrogen-bond donors (Lipinski definition) is 1. The zero-order chi connectivity index (χ0) is 14.0. The van der Waals surface area contributed by atoms with Gasteiger partial charge in [-0.2, -0.15) is 0 Å². The Bertz CT molecular complexity index is 408. The fraction of sp³-hybridized carbons (Fsp3) is 0.235. The molecule has 1 heteroatoms. The van der Waals surface area contributed by atoms with E-state index < -0.39 is 0 Å². The zero-order valence-electron chi connectivity index (χ0n) is 11.6. The Morgan fingerprint density at radius 2 is 1.72 bits per heavy atom. The van der Waals surface area contributed by atoms with Crippen molar-refractivity contribution < 1.29 is 5.11 Å². The molecule has 1 aromatic rings. The van der Waals surface area contributed by atoms with Gasteiger partial charge in [0.1, 0.15) is 5.76 Å². The summed E-state index contributed by atoms with van der Waals surface area (Å²) in [6, 6.07) is 8.25. The summed E-state index contributed by atoms with van der Waals surface area (Å²) >= 11 is 0. The Morgan fingerprint density at radius 3 is 2.17 bits per heavy atom. The van der Waals surface area contributed by atoms with Crippen LogP contribution in [-0.4, -0.2) is 5.11 Å². The minimum Gasteiger partial charge on any atom is -0.508 e. The van der Waals surface area contributed by atoms with Crippen molar-refractivity contribution in [2.45, 2.75) is 27.2 Å². The van der Waals surface area contributed by atoms with Gasteiger partial charge in [-0.05, 0) is 42.2 Å². The van der Waals surface area contributed by atoms with Crippen LogP contribution in [0.5, 0.6) is 0 Å². The van der Waals surface area contributed by atoms with Gasteiger partial charge in [-0.3, -0.25) is 0 Å². The van der Waals surface area contributed by atoms with E-state index in [4.69, 9.17) is 0 Å². The molecule has 0 aromatic heterocycles. The molecule has 0 aliphatic heterocycles. The molecule has 1 nitrogen and oxygen atoms in total. The van der Waals surface area contributed by atoms with Gasteiger partial charge in [-0.1, -0.05) is 57.7 Å². The Kier molecular flexibility index (Phi) is 8.38. The molecule has 97 valence electrons. The number of allylic oxidation sites excluding steroid dienone is 4. The molecule has 0 aliphatic rings. The molecule has 0 saturated carbocycles. The predicted molar refractivity (Wildman–Crippen MR) is 81.4 cm³/mol. The Morgan fingerprint density at radius 1 is 1.17 bits per heavy atom. The summed E-state index contributed by atoms with van der Waals surface area (Å²) in [5, 5.41) is 9.21. The molecular weight excluding hydrogens is 220 g/mol. The molecule has 1 aromatic carbocycles. The van der Waals surface area contributed by atoms with Gasteiger partial charge in [0, 0.05) is 0 Å². The lowest BCUT2D eigenvalue weighted by molar-refractivity contribution is 0.432. The molecule has 0 fully saturated rings. The van der Waals surface area contributed by atoms with Gasteiger partial charge in [-0.15, -0.1) is 0 Å². The van der Waals surface area contributed by atoms with E-state index in [1.807, 2.05) is 26.0 Å². The maximum Gasteiger partial charge on any atom is 0.111 e. The second-order valence-electron chi connectivity index (χ2n) is 3.54. The highest BCUT2D eigenvalue weighted by atomic mass is 16.3. The average Bonchev–Trinajstić information content (AvgIpc) is 2.46. The standard InChI is InChI=1S/C15H17O.C2H6/c1-4-13-7-9-14(10-8-13)12(3)6-11-15(16)5-2;1-2/h5-11,16H,2-4H2,1H3;1-2H3/b11-6-,15-5+;. The highest BCUT2D eigenvalue weighted by Crippen LogP contribution is 2.15. The molecule has 1 N–H and O–H groups in total. The van der Waals surface area contributed by atoms with Gasteiger partial charge >= 0.3 is 0 Å². The van der Waals surface area contributed by atoms with Crippen LogP contribution in [-0.2, 0) is 6.42 Å². The van der Waals surface area contributed by atoms with Crippen LogP contribution in [0.15, 0.2) is 54.8 Å². The van der Waals surface area contributed by atoms with Gasteiger partial charge in [0.2, 0.25) is 0 Å². The molecule has 0 atom stereocenters. The zero-order valence-corrected chi connectivity index (χ0v) is 11.6. The van der Waals surface area contributed by atoms with Gasteiger partial charge in [0.05, 0.1) is 0 Å². The Labute approximate surface area is 111 Å². The van der Waals surface area contributed by atoms with Gasteiger partial charge in [-0.25, -0.2) is 0 Å². The lowest BCUT2D eigenvalue weighted by Crippen LogP contribution is -1.83. The molecule has 0 aliphatic carbocycles. The van der Waals surface area contributed by atoms with Crippen LogP contribution in [0.4, 0.5) is 0 Å². The van der Waals surface area contributed by atoms with E-state index in [0.29, 0.717) is 0 Å². The normalized spacial score (nSPS) is 11.0. The van der Waals surface area contributed by atoms with Crippen LogP contribution in [0.1, 0.15) is 31.9 Å². The fourth-order valence-electron chi connectivity index (χ4n) is 1.30. The lowest BCUT2D eigenvalue weighted by Gasteiger charge is -2.02. The van der Waals surface area contributed by atoms with Gasteiger partial charge in [0.25, 0.3) is 0 Å². The van der Waals surface area contributed by atoms with Crippen LogP contribution in [0.3, 0.4) is 0 Å². The van der Waals surface area contributed by atoms with Crippen molar-refractivity contribution in [2.75, 3.05) is 0 Å². The minimum absolute atomic E-state index is 0.145. The Hall–Kier alpha value is -1.76. The van der Waals surface area contributed by atoms with E-state index in [1.165, 1.54) is 11.6 Å². The lowest BCUT2D eigenvalue weighted by atomic mass is 10.0. The van der Waals surface area contributed by atoms with Crippen LogP contribution >= 0.6 is 0 Å². The average molecular weight is 243 g/mol. The third-order valence-electron chi connectivity index (χ3n) is 2.40. The topological polar surface area (TPSA) is 20.2 Å². The molecule has 18 heavy (non-hydrogen) atoms. The highest BCUT2D eigenvalue weighted by molar-refractivity contribution is 5.72. The third kappa shape index (κ3) is 5.53. The largest absolute Gasteiger partial charge is 0.508 e. The van der Waals surface area contributed by atoms with Crippen molar-refractivity contribution in [1.82, 2.24) is 0 Å². The second kappa shape index (κ2) is 9.29. The van der Waals surface area contributed by atoms with Crippen LogP contribution < -0.4 is 0 Å². The van der Waals surface area contributed by atoms with Crippen molar-refractivity contribution in [3.8, 4) is 0 Å². The number of benzene rings is 1. The van der Waals surface area contributed by atoms with Crippen molar-refractivity contribution in [1.29, 1.82) is 0 Å². The molecule has 0 amide bonds. The SMILES string of the molecule is CC.[CH2]/C=C(O)\C=C/C(=C)c1ccc(CC)cc1. The molecule has 1 radical (unpaired) electrons. The molecule has 0 bridgehead atoms. The molecule has 1 rings (SSSR count). The first-order chi connectivity index (χ1) is 8.67. The summed E-state index contributed by atoms with van der Waals surface area (Å²) in [7, 11) is 0. The molecule has 0 unspecified atom stereocenters.